The van der Waals surface area contributed by atoms with E-state index >= 15 is 0 Å². The molecule has 2 amide bonds. The maximum absolute atomic E-state index is 13.3. The second kappa shape index (κ2) is 10.0. The predicted molar refractivity (Wildman–Crippen MR) is 119 cm³/mol. The number of nitrogens with one attached hydrogen (secondary N) is 3. The van der Waals surface area contributed by atoms with Crippen molar-refractivity contribution in [3.63, 3.8) is 0 Å². The Balaban J connectivity index is 1.66. The Hall–Kier alpha value is -4.11. The van der Waals surface area contributed by atoms with Gasteiger partial charge in [0.25, 0.3) is 5.91 Å². The third kappa shape index (κ3) is 5.39. The van der Waals surface area contributed by atoms with E-state index in [9.17, 15) is 14.0 Å². The van der Waals surface area contributed by atoms with Crippen LogP contribution in [0.25, 0.3) is 10.8 Å². The Morgan fingerprint density at radius 1 is 1.03 bits per heavy atom. The van der Waals surface area contributed by atoms with Gasteiger partial charge in [0.15, 0.2) is 0 Å². The van der Waals surface area contributed by atoms with Crippen LogP contribution in [0, 0.1) is 11.7 Å². The normalized spacial score (nSPS) is 12.8. The molecule has 8 nitrogen and oxygen atoms in total. The molecule has 0 aliphatic rings. The van der Waals surface area contributed by atoms with E-state index < -0.39 is 29.6 Å². The van der Waals surface area contributed by atoms with Gasteiger partial charge < -0.3 is 5.32 Å². The first kappa shape index (κ1) is 22.1. The summed E-state index contributed by atoms with van der Waals surface area (Å²) in [6.45, 7) is 0. The Bertz CT molecular complexity index is 1240. The first-order chi connectivity index (χ1) is 16.0. The van der Waals surface area contributed by atoms with Gasteiger partial charge in [0.2, 0.25) is 5.91 Å². The molecule has 3 aromatic carbocycles. The predicted octanol–water partition coefficient (Wildman–Crippen LogP) is 3.32. The zero-order valence-corrected chi connectivity index (χ0v) is 17.5. The van der Waals surface area contributed by atoms with Crippen LogP contribution < -0.4 is 10.8 Å². The highest BCUT2D eigenvalue weighted by molar-refractivity contribution is 5.94. The Morgan fingerprint density at radius 3 is 2.48 bits per heavy atom. The summed E-state index contributed by atoms with van der Waals surface area (Å²) in [5.41, 5.74) is 3.32. The molecule has 2 atom stereocenters. The highest BCUT2D eigenvalue weighted by atomic mass is 19.1. The van der Waals surface area contributed by atoms with E-state index in [-0.39, 0.29) is 12.0 Å². The van der Waals surface area contributed by atoms with E-state index in [0.29, 0.717) is 12.1 Å². The molecule has 4 aromatic rings. The summed E-state index contributed by atoms with van der Waals surface area (Å²) in [6.07, 6.45) is 1.81. The number of carbonyl (C=O) groups excluding carboxylic acids is 2. The number of halogens is 1. The van der Waals surface area contributed by atoms with Gasteiger partial charge >= 0.3 is 0 Å². The van der Waals surface area contributed by atoms with Crippen LogP contribution in [0.4, 0.5) is 4.39 Å². The lowest BCUT2D eigenvalue weighted by Gasteiger charge is -2.26. The van der Waals surface area contributed by atoms with Gasteiger partial charge in [-0.05, 0) is 52.9 Å². The van der Waals surface area contributed by atoms with E-state index in [1.165, 1.54) is 30.5 Å². The molecular formula is C24H22FN5O3. The lowest BCUT2D eigenvalue weighted by molar-refractivity contribution is -0.130. The average molecular weight is 447 g/mol. The summed E-state index contributed by atoms with van der Waals surface area (Å²) in [6, 6.07) is 18.4. The van der Waals surface area contributed by atoms with Crippen molar-refractivity contribution in [1.29, 1.82) is 0 Å². The molecule has 0 aliphatic heterocycles. The zero-order chi connectivity index (χ0) is 23.2. The van der Waals surface area contributed by atoms with Gasteiger partial charge in [-0.25, -0.2) is 9.87 Å². The van der Waals surface area contributed by atoms with Gasteiger partial charge in [-0.2, -0.15) is 15.4 Å². The topological polar surface area (TPSA) is 120 Å². The maximum Gasteiger partial charge on any atom is 0.251 e. The largest absolute Gasteiger partial charge is 0.343 e. The molecule has 0 spiro atoms. The van der Waals surface area contributed by atoms with E-state index in [0.717, 1.165) is 16.3 Å². The second-order valence-corrected chi connectivity index (χ2v) is 7.74. The van der Waals surface area contributed by atoms with Crippen molar-refractivity contribution in [2.45, 2.75) is 18.9 Å². The fourth-order valence-electron chi connectivity index (χ4n) is 3.88. The molecule has 1 heterocycles. The summed E-state index contributed by atoms with van der Waals surface area (Å²) < 4.78 is 13.3. The third-order valence-corrected chi connectivity index (χ3v) is 5.50. The summed E-state index contributed by atoms with van der Waals surface area (Å²) in [5, 5.41) is 24.7. The van der Waals surface area contributed by atoms with Crippen molar-refractivity contribution in [2.75, 3.05) is 0 Å². The van der Waals surface area contributed by atoms with Gasteiger partial charge in [-0.3, -0.25) is 14.8 Å². The fourth-order valence-corrected chi connectivity index (χ4v) is 3.88. The van der Waals surface area contributed by atoms with Crippen molar-refractivity contribution >= 4 is 22.6 Å². The molecule has 9 heteroatoms. The third-order valence-electron chi connectivity index (χ3n) is 5.50. The summed E-state index contributed by atoms with van der Waals surface area (Å²) in [4.78, 5) is 25.0. The Labute approximate surface area is 188 Å². The van der Waals surface area contributed by atoms with Crippen LogP contribution >= 0.6 is 0 Å². The van der Waals surface area contributed by atoms with Crippen molar-refractivity contribution in [3.8, 4) is 0 Å². The van der Waals surface area contributed by atoms with Crippen molar-refractivity contribution in [3.05, 3.63) is 95.6 Å². The molecule has 0 saturated carbocycles. The fraction of sp³-hybridized carbons (Fsp3) is 0.167. The standard InChI is InChI=1S/C24H22FN5O3/c25-20-9-7-17(8-10-20)24(32)27-23(21-14-26-30-28-21)19(13-22(31)29-33)12-15-5-6-16-3-1-2-4-18(16)11-15/h1-11,14,19,23,33H,12-13H2,(H,27,32)(H,29,31)(H,26,28,30)/t19-,23?/m1/s1. The number of rotatable bonds is 8. The summed E-state index contributed by atoms with van der Waals surface area (Å²) >= 11 is 0. The second-order valence-electron chi connectivity index (χ2n) is 7.74. The van der Waals surface area contributed by atoms with E-state index in [4.69, 9.17) is 5.21 Å². The first-order valence-corrected chi connectivity index (χ1v) is 10.4. The highest BCUT2D eigenvalue weighted by Crippen LogP contribution is 2.29. The quantitative estimate of drug-likeness (QED) is 0.244. The number of benzene rings is 3. The van der Waals surface area contributed by atoms with Crippen LogP contribution in [0.3, 0.4) is 0 Å². The van der Waals surface area contributed by atoms with Crippen molar-refractivity contribution < 1.29 is 19.2 Å². The number of amides is 2. The number of nitrogens with zero attached hydrogens (tertiary/aromatic N) is 2. The summed E-state index contributed by atoms with van der Waals surface area (Å²) in [5.74, 6) is -1.96. The van der Waals surface area contributed by atoms with Crippen LogP contribution in [0.2, 0.25) is 0 Å². The molecule has 4 N–H and O–H groups in total. The zero-order valence-electron chi connectivity index (χ0n) is 17.5. The number of hydroxylamine groups is 1. The lowest BCUT2D eigenvalue weighted by Crippen LogP contribution is -2.37. The molecule has 1 aromatic heterocycles. The molecule has 168 valence electrons. The van der Waals surface area contributed by atoms with Crippen LogP contribution in [-0.2, 0) is 11.2 Å². The van der Waals surface area contributed by atoms with Crippen molar-refractivity contribution in [2.24, 2.45) is 5.92 Å². The molecule has 0 saturated heterocycles. The number of aromatic nitrogens is 3. The minimum Gasteiger partial charge on any atom is -0.343 e. The van der Waals surface area contributed by atoms with Gasteiger partial charge in [-0.15, -0.1) is 0 Å². The number of hydrogen-bond donors (Lipinski definition) is 4. The Kier molecular flexibility index (Phi) is 6.70. The molecule has 0 radical (unpaired) electrons. The SMILES string of the molecule is O=C(C[C@@H](Cc1ccc2ccccc2c1)C(NC(=O)c1ccc(F)cc1)c1cn[nH]n1)NO. The average Bonchev–Trinajstić information content (AvgIpc) is 3.37. The lowest BCUT2D eigenvalue weighted by atomic mass is 9.86. The monoisotopic (exact) mass is 447 g/mol. The van der Waals surface area contributed by atoms with E-state index in [1.54, 1.807) is 5.48 Å². The summed E-state index contributed by atoms with van der Waals surface area (Å²) in [7, 11) is 0. The van der Waals surface area contributed by atoms with Crippen LogP contribution in [-0.4, -0.2) is 32.4 Å². The smallest absolute Gasteiger partial charge is 0.251 e. The molecular weight excluding hydrogens is 425 g/mol. The first-order valence-electron chi connectivity index (χ1n) is 10.4. The van der Waals surface area contributed by atoms with Crippen LogP contribution in [0.15, 0.2) is 72.9 Å². The minimum absolute atomic E-state index is 0.0788. The molecule has 0 bridgehead atoms. The maximum atomic E-state index is 13.3. The van der Waals surface area contributed by atoms with Crippen LogP contribution in [0.1, 0.15) is 34.1 Å². The van der Waals surface area contributed by atoms with Gasteiger partial charge in [0, 0.05) is 12.0 Å². The molecule has 1 unspecified atom stereocenters. The van der Waals surface area contributed by atoms with Gasteiger partial charge in [0.05, 0.1) is 12.2 Å². The minimum atomic E-state index is -0.704. The number of H-pyrrole nitrogens is 1. The van der Waals surface area contributed by atoms with E-state index in [2.05, 4.69) is 20.7 Å². The van der Waals surface area contributed by atoms with Gasteiger partial charge in [0.1, 0.15) is 11.5 Å². The molecule has 0 aliphatic carbocycles. The van der Waals surface area contributed by atoms with Crippen molar-refractivity contribution in [1.82, 2.24) is 26.2 Å². The number of carbonyl (C=O) groups is 2. The van der Waals surface area contributed by atoms with E-state index in [1.807, 2.05) is 42.5 Å². The number of hydrogen-bond acceptors (Lipinski definition) is 5. The van der Waals surface area contributed by atoms with Gasteiger partial charge in [-0.1, -0.05) is 42.5 Å². The molecule has 33 heavy (non-hydrogen) atoms. The highest BCUT2D eigenvalue weighted by Gasteiger charge is 2.30. The molecule has 0 fully saturated rings. The van der Waals surface area contributed by atoms with Crippen LogP contribution in [0.5, 0.6) is 0 Å². The number of fused-ring (bicyclic) bond motifs is 1. The molecule has 4 rings (SSSR count). The number of aromatic amines is 1. The Morgan fingerprint density at radius 2 is 1.79 bits per heavy atom.